The number of carbonyl (C=O) groups excluding carboxylic acids is 1. The summed E-state index contributed by atoms with van der Waals surface area (Å²) in [7, 11) is 0. The maximum Gasteiger partial charge on any atom is 0.152 e. The van der Waals surface area contributed by atoms with Crippen molar-refractivity contribution in [2.75, 3.05) is 0 Å². The molecule has 0 aliphatic carbocycles. The Hall–Kier alpha value is -1.37. The predicted octanol–water partition coefficient (Wildman–Crippen LogP) is 3.85. The minimum atomic E-state index is 0. The largest absolute Gasteiger partial charge is 0.295 e. The normalized spacial score (nSPS) is 12.5. The molecule has 0 saturated carbocycles. The van der Waals surface area contributed by atoms with Crippen LogP contribution in [0, 0.1) is 0 Å². The van der Waals surface area contributed by atoms with E-state index < -0.39 is 0 Å². The van der Waals surface area contributed by atoms with Gasteiger partial charge in [0.1, 0.15) is 0 Å². The van der Waals surface area contributed by atoms with E-state index >= 15 is 0 Å². The molecule has 14 heavy (non-hydrogen) atoms. The van der Waals surface area contributed by atoms with E-state index in [4.69, 9.17) is 0 Å². The van der Waals surface area contributed by atoms with Gasteiger partial charge in [-0.2, -0.15) is 0 Å². The van der Waals surface area contributed by atoms with Gasteiger partial charge in [0, 0.05) is 1.43 Å². The second-order valence-electron chi connectivity index (χ2n) is 3.20. The Kier molecular flexibility index (Phi) is 5.54. The molecule has 0 fully saturated rings. The third kappa shape index (κ3) is 4.04. The van der Waals surface area contributed by atoms with Crippen molar-refractivity contribution in [3.63, 3.8) is 0 Å². The van der Waals surface area contributed by atoms with E-state index in [2.05, 4.69) is 20.1 Å². The molecule has 0 bridgehead atoms. The third-order valence-corrected chi connectivity index (χ3v) is 1.98. The lowest BCUT2D eigenvalue weighted by atomic mass is 9.97. The molecule has 0 aromatic rings. The lowest BCUT2D eigenvalue weighted by molar-refractivity contribution is -0.112. The summed E-state index contributed by atoms with van der Waals surface area (Å²) in [6, 6.07) is 0. The van der Waals surface area contributed by atoms with E-state index in [0.717, 1.165) is 23.1 Å². The average molecular weight is 192 g/mol. The number of rotatable bonds is 5. The lowest BCUT2D eigenvalue weighted by Gasteiger charge is -2.08. The van der Waals surface area contributed by atoms with Crippen LogP contribution in [-0.2, 0) is 4.79 Å². The highest BCUT2D eigenvalue weighted by atomic mass is 16.1. The number of allylic oxidation sites excluding steroid dienone is 6. The number of hydrogen-bond acceptors (Lipinski definition) is 1. The Balaban J connectivity index is 0. The summed E-state index contributed by atoms with van der Waals surface area (Å²) in [5.41, 5.74) is 2.96. The summed E-state index contributed by atoms with van der Waals surface area (Å²) in [5.74, 6) is 0.0534. The summed E-state index contributed by atoms with van der Waals surface area (Å²) in [5, 5.41) is 0. The molecule has 1 heteroatoms. The Morgan fingerprint density at radius 1 is 1.43 bits per heavy atom. The molecule has 0 aliphatic heterocycles. The molecule has 0 rings (SSSR count). The van der Waals surface area contributed by atoms with Crippen LogP contribution in [0.3, 0.4) is 0 Å². The fourth-order valence-electron chi connectivity index (χ4n) is 1.22. The molecule has 0 heterocycles. The van der Waals surface area contributed by atoms with Gasteiger partial charge in [0.25, 0.3) is 0 Å². The molecule has 0 amide bonds. The van der Waals surface area contributed by atoms with Crippen LogP contribution in [0.15, 0.2) is 48.1 Å². The van der Waals surface area contributed by atoms with E-state index in [1.807, 2.05) is 13.0 Å². The molecule has 0 aromatic heterocycles. The van der Waals surface area contributed by atoms with Crippen LogP contribution in [0.25, 0.3) is 0 Å². The van der Waals surface area contributed by atoms with E-state index in [9.17, 15) is 4.79 Å². The Labute approximate surface area is 88.0 Å². The first kappa shape index (κ1) is 12.6. The Morgan fingerprint density at radius 2 is 2.00 bits per heavy atom. The van der Waals surface area contributed by atoms with Gasteiger partial charge in [0.15, 0.2) is 5.78 Å². The summed E-state index contributed by atoms with van der Waals surface area (Å²) in [6.07, 6.45) is 6.17. The topological polar surface area (TPSA) is 17.1 Å². The van der Waals surface area contributed by atoms with Crippen LogP contribution in [0.2, 0.25) is 0 Å². The fourth-order valence-corrected chi connectivity index (χ4v) is 1.22. The standard InChI is InChI=1S/C13H18O.H2/c1-6-8-13(7-2)12(5)10(3)9-11(4)14;/h6,8-9H,1,5,7H2,2-4H3;1H/b10-9-,13-8-;. The van der Waals surface area contributed by atoms with Gasteiger partial charge in [-0.1, -0.05) is 32.2 Å². The minimum absolute atomic E-state index is 0. The number of carbonyl (C=O) groups is 1. The van der Waals surface area contributed by atoms with E-state index in [1.54, 1.807) is 19.1 Å². The molecule has 0 aromatic carbocycles. The molecule has 78 valence electrons. The Morgan fingerprint density at radius 3 is 2.36 bits per heavy atom. The Bertz CT molecular complexity index is 308. The molecule has 0 spiro atoms. The van der Waals surface area contributed by atoms with Gasteiger partial charge >= 0.3 is 0 Å². The molecular formula is C13H20O. The van der Waals surface area contributed by atoms with Crippen molar-refractivity contribution in [1.82, 2.24) is 0 Å². The molecule has 0 unspecified atom stereocenters. The van der Waals surface area contributed by atoms with Crippen molar-refractivity contribution >= 4 is 5.78 Å². The van der Waals surface area contributed by atoms with E-state index in [-0.39, 0.29) is 7.21 Å². The van der Waals surface area contributed by atoms with Gasteiger partial charge in [0.05, 0.1) is 0 Å². The molecule has 0 radical (unpaired) electrons. The highest BCUT2D eigenvalue weighted by Crippen LogP contribution is 2.19. The highest BCUT2D eigenvalue weighted by molar-refractivity contribution is 5.88. The van der Waals surface area contributed by atoms with Crippen LogP contribution >= 0.6 is 0 Å². The van der Waals surface area contributed by atoms with E-state index in [0.29, 0.717) is 0 Å². The van der Waals surface area contributed by atoms with Crippen LogP contribution in [0.5, 0.6) is 0 Å². The zero-order chi connectivity index (χ0) is 11.1. The van der Waals surface area contributed by atoms with Crippen molar-refractivity contribution in [2.24, 2.45) is 0 Å². The van der Waals surface area contributed by atoms with Gasteiger partial charge in [-0.3, -0.25) is 4.79 Å². The van der Waals surface area contributed by atoms with Gasteiger partial charge < -0.3 is 0 Å². The second kappa shape index (κ2) is 6.14. The van der Waals surface area contributed by atoms with Crippen LogP contribution in [-0.4, -0.2) is 5.78 Å². The van der Waals surface area contributed by atoms with Crippen molar-refractivity contribution < 1.29 is 6.22 Å². The third-order valence-electron chi connectivity index (χ3n) is 1.98. The number of ketones is 1. The smallest absolute Gasteiger partial charge is 0.152 e. The maximum atomic E-state index is 10.9. The zero-order valence-electron chi connectivity index (χ0n) is 9.26. The molecule has 1 nitrogen and oxygen atoms in total. The van der Waals surface area contributed by atoms with Gasteiger partial charge in [0.2, 0.25) is 0 Å². The van der Waals surface area contributed by atoms with E-state index in [1.165, 1.54) is 0 Å². The second-order valence-corrected chi connectivity index (χ2v) is 3.20. The van der Waals surface area contributed by atoms with Crippen molar-refractivity contribution in [1.29, 1.82) is 0 Å². The lowest BCUT2D eigenvalue weighted by Crippen LogP contribution is -1.92. The monoisotopic (exact) mass is 192 g/mol. The van der Waals surface area contributed by atoms with Crippen molar-refractivity contribution in [2.45, 2.75) is 27.2 Å². The molecule has 0 N–H and O–H groups in total. The molecule has 0 saturated heterocycles. The van der Waals surface area contributed by atoms with Crippen LogP contribution in [0.1, 0.15) is 28.6 Å². The minimum Gasteiger partial charge on any atom is -0.295 e. The summed E-state index contributed by atoms with van der Waals surface area (Å²) >= 11 is 0. The SMILES string of the molecule is C=C/C=C(/CC)C(=C)/C(C)=C\C(C)=O.[HH]. The van der Waals surface area contributed by atoms with Crippen LogP contribution < -0.4 is 0 Å². The van der Waals surface area contributed by atoms with Crippen LogP contribution in [0.4, 0.5) is 0 Å². The summed E-state index contributed by atoms with van der Waals surface area (Å²) in [4.78, 5) is 10.9. The van der Waals surface area contributed by atoms with Crippen molar-refractivity contribution in [3.8, 4) is 0 Å². The average Bonchev–Trinajstić information content (AvgIpc) is 2.12. The quantitative estimate of drug-likeness (QED) is 0.477. The highest BCUT2D eigenvalue weighted by Gasteiger charge is 2.02. The maximum absolute atomic E-state index is 10.9. The predicted molar refractivity (Wildman–Crippen MR) is 64.3 cm³/mol. The number of hydrogen-bond donors (Lipinski definition) is 0. The van der Waals surface area contributed by atoms with Gasteiger partial charge in [-0.15, -0.1) is 0 Å². The van der Waals surface area contributed by atoms with Crippen molar-refractivity contribution in [3.05, 3.63) is 48.1 Å². The first-order valence-corrected chi connectivity index (χ1v) is 4.73. The zero-order valence-corrected chi connectivity index (χ0v) is 9.26. The first-order valence-electron chi connectivity index (χ1n) is 4.73. The summed E-state index contributed by atoms with van der Waals surface area (Å²) in [6.45, 7) is 13.1. The molecule has 0 atom stereocenters. The fraction of sp³-hybridized carbons (Fsp3) is 0.308. The first-order chi connectivity index (χ1) is 6.52. The summed E-state index contributed by atoms with van der Waals surface area (Å²) < 4.78 is 0. The molecule has 0 aliphatic rings. The van der Waals surface area contributed by atoms with Gasteiger partial charge in [-0.05, 0) is 43.1 Å². The molecular weight excluding hydrogens is 172 g/mol. The van der Waals surface area contributed by atoms with Gasteiger partial charge in [-0.25, -0.2) is 0 Å².